The average molecular weight is 396 g/mol. The second kappa shape index (κ2) is 7.42. The van der Waals surface area contributed by atoms with Crippen LogP contribution in [-0.2, 0) is 11.3 Å². The maximum Gasteiger partial charge on any atom is 0.420 e. The fraction of sp³-hybridized carbons (Fsp3) is 0.300. The van der Waals surface area contributed by atoms with Crippen molar-refractivity contribution in [2.24, 2.45) is 0 Å². The lowest BCUT2D eigenvalue weighted by Gasteiger charge is -2.19. The lowest BCUT2D eigenvalue weighted by Crippen LogP contribution is -2.25. The number of benzene rings is 2. The molecule has 0 bridgehead atoms. The molecule has 1 amide bonds. The Hall–Kier alpha value is -3.62. The van der Waals surface area contributed by atoms with Crippen molar-refractivity contribution in [2.75, 3.05) is 23.3 Å². The fourth-order valence-electron chi connectivity index (χ4n) is 3.61. The summed E-state index contributed by atoms with van der Waals surface area (Å²) in [6.45, 7) is 3.75. The van der Waals surface area contributed by atoms with E-state index in [0.717, 1.165) is 28.9 Å². The van der Waals surface area contributed by atoms with Crippen LogP contribution in [0.1, 0.15) is 18.4 Å². The molecule has 9 heteroatoms. The molecule has 0 spiro atoms. The number of oxazole rings is 1. The smallest absolute Gasteiger partial charge is 0.407 e. The van der Waals surface area contributed by atoms with E-state index in [0.29, 0.717) is 11.2 Å². The maximum absolute atomic E-state index is 12.5. The maximum atomic E-state index is 12.5. The first-order valence-electron chi connectivity index (χ1n) is 9.35. The molecule has 1 aliphatic heterocycles. The van der Waals surface area contributed by atoms with E-state index in [1.807, 2.05) is 25.1 Å². The Kier molecular flexibility index (Phi) is 4.79. The normalized spacial score (nSPS) is 13.8. The number of hydrogen-bond donors (Lipinski definition) is 1. The number of nitrogens with one attached hydrogen (secondary N) is 1. The Labute approximate surface area is 165 Å². The van der Waals surface area contributed by atoms with Crippen molar-refractivity contribution >= 4 is 34.1 Å². The summed E-state index contributed by atoms with van der Waals surface area (Å²) >= 11 is 0. The van der Waals surface area contributed by atoms with Crippen LogP contribution in [-0.4, -0.2) is 28.5 Å². The highest BCUT2D eigenvalue weighted by molar-refractivity contribution is 5.92. The summed E-state index contributed by atoms with van der Waals surface area (Å²) in [6, 6.07) is 9.73. The zero-order valence-electron chi connectivity index (χ0n) is 15.9. The number of non-ortho nitro benzene ring substituents is 1. The molecule has 2 aromatic carbocycles. The van der Waals surface area contributed by atoms with Crippen molar-refractivity contribution in [3.05, 3.63) is 62.6 Å². The Morgan fingerprint density at radius 2 is 1.97 bits per heavy atom. The first-order chi connectivity index (χ1) is 13.9. The molecule has 0 unspecified atom stereocenters. The Balaban J connectivity index is 1.52. The lowest BCUT2D eigenvalue weighted by molar-refractivity contribution is -0.384. The summed E-state index contributed by atoms with van der Waals surface area (Å²) in [5.74, 6) is -1.12. The van der Waals surface area contributed by atoms with E-state index in [4.69, 9.17) is 4.42 Å². The molecule has 1 N–H and O–H groups in total. The van der Waals surface area contributed by atoms with Gasteiger partial charge in [0.25, 0.3) is 5.69 Å². The number of anilines is 2. The molecular weight excluding hydrogens is 376 g/mol. The Morgan fingerprint density at radius 3 is 2.66 bits per heavy atom. The number of rotatable bonds is 5. The van der Waals surface area contributed by atoms with Gasteiger partial charge in [0.05, 0.1) is 16.5 Å². The lowest BCUT2D eigenvalue weighted by atomic mass is 10.1. The quantitative estimate of drug-likeness (QED) is 0.524. The summed E-state index contributed by atoms with van der Waals surface area (Å²) < 4.78 is 6.21. The summed E-state index contributed by atoms with van der Waals surface area (Å²) in [7, 11) is 0. The number of nitrogens with zero attached hydrogens (tertiary/aromatic N) is 3. The van der Waals surface area contributed by atoms with Gasteiger partial charge in [0.1, 0.15) is 6.54 Å². The first-order valence-corrected chi connectivity index (χ1v) is 9.35. The van der Waals surface area contributed by atoms with Crippen molar-refractivity contribution in [2.45, 2.75) is 26.3 Å². The minimum atomic E-state index is -0.739. The molecule has 1 aliphatic rings. The summed E-state index contributed by atoms with van der Waals surface area (Å²) in [5.41, 5.74) is 2.96. The van der Waals surface area contributed by atoms with Gasteiger partial charge in [-0.2, -0.15) is 0 Å². The van der Waals surface area contributed by atoms with Crippen LogP contribution < -0.4 is 16.0 Å². The molecule has 0 aliphatic carbocycles. The summed E-state index contributed by atoms with van der Waals surface area (Å²) in [5, 5.41) is 13.7. The molecule has 29 heavy (non-hydrogen) atoms. The molecule has 0 saturated carbocycles. The van der Waals surface area contributed by atoms with E-state index < -0.39 is 10.7 Å². The number of nitro groups is 1. The number of nitro benzene ring substituents is 1. The third-order valence-corrected chi connectivity index (χ3v) is 5.12. The van der Waals surface area contributed by atoms with Crippen LogP contribution in [0.25, 0.3) is 11.1 Å². The summed E-state index contributed by atoms with van der Waals surface area (Å²) in [6.07, 6.45) is 2.38. The average Bonchev–Trinajstić information content (AvgIpc) is 3.32. The van der Waals surface area contributed by atoms with E-state index in [2.05, 4.69) is 10.2 Å². The van der Waals surface area contributed by atoms with Gasteiger partial charge in [0, 0.05) is 30.5 Å². The zero-order valence-corrected chi connectivity index (χ0v) is 15.9. The van der Waals surface area contributed by atoms with Crippen LogP contribution in [0.4, 0.5) is 17.1 Å². The van der Waals surface area contributed by atoms with E-state index in [1.54, 1.807) is 0 Å². The SMILES string of the molecule is Cc1cc(N2CCCC2)ccc1NC(=O)Cn1c(=O)oc2cc([N+](=O)[O-])ccc21. The van der Waals surface area contributed by atoms with Crippen molar-refractivity contribution in [3.8, 4) is 0 Å². The van der Waals surface area contributed by atoms with Crippen LogP contribution in [0, 0.1) is 17.0 Å². The third kappa shape index (κ3) is 3.71. The number of aryl methyl sites for hydroxylation is 1. The molecule has 1 fully saturated rings. The van der Waals surface area contributed by atoms with E-state index in [9.17, 15) is 19.7 Å². The molecule has 0 atom stereocenters. The van der Waals surface area contributed by atoms with Crippen LogP contribution in [0.2, 0.25) is 0 Å². The fourth-order valence-corrected chi connectivity index (χ4v) is 3.61. The molecule has 1 saturated heterocycles. The molecule has 4 rings (SSSR count). The number of aromatic nitrogens is 1. The van der Waals surface area contributed by atoms with Crippen molar-refractivity contribution in [1.29, 1.82) is 0 Å². The molecule has 150 valence electrons. The zero-order chi connectivity index (χ0) is 20.5. The highest BCUT2D eigenvalue weighted by atomic mass is 16.6. The van der Waals surface area contributed by atoms with Gasteiger partial charge >= 0.3 is 5.76 Å². The number of hydrogen-bond acceptors (Lipinski definition) is 6. The Morgan fingerprint density at radius 1 is 1.21 bits per heavy atom. The van der Waals surface area contributed by atoms with Gasteiger partial charge in [-0.3, -0.25) is 19.5 Å². The van der Waals surface area contributed by atoms with Crippen molar-refractivity contribution < 1.29 is 14.1 Å². The van der Waals surface area contributed by atoms with Gasteiger partial charge < -0.3 is 14.6 Å². The standard InChI is InChI=1S/C20H20N4O5/c1-13-10-14(22-8-2-3-9-22)4-6-16(13)21-19(25)12-23-17-7-5-15(24(27)28)11-18(17)29-20(23)26/h4-7,10-11H,2-3,8-9,12H2,1H3,(H,21,25). The van der Waals surface area contributed by atoms with Crippen molar-refractivity contribution in [1.82, 2.24) is 4.57 Å². The largest absolute Gasteiger partial charge is 0.420 e. The molecule has 2 heterocycles. The minimum absolute atomic E-state index is 0.0724. The predicted octanol–water partition coefficient (Wildman–Crippen LogP) is 3.05. The minimum Gasteiger partial charge on any atom is -0.407 e. The third-order valence-electron chi connectivity index (χ3n) is 5.12. The first kappa shape index (κ1) is 18.7. The topological polar surface area (TPSA) is 111 Å². The second-order valence-electron chi connectivity index (χ2n) is 7.10. The molecule has 0 radical (unpaired) electrons. The van der Waals surface area contributed by atoms with Gasteiger partial charge in [0.15, 0.2) is 5.58 Å². The molecule has 3 aromatic rings. The van der Waals surface area contributed by atoms with Gasteiger partial charge in [-0.25, -0.2) is 4.79 Å². The van der Waals surface area contributed by atoms with Gasteiger partial charge in [0.2, 0.25) is 5.91 Å². The van der Waals surface area contributed by atoms with Gasteiger partial charge in [-0.05, 0) is 49.6 Å². The number of carbonyl (C=O) groups is 1. The van der Waals surface area contributed by atoms with Gasteiger partial charge in [-0.1, -0.05) is 0 Å². The highest BCUT2D eigenvalue weighted by Gasteiger charge is 2.17. The van der Waals surface area contributed by atoms with Crippen LogP contribution in [0.5, 0.6) is 0 Å². The predicted molar refractivity (Wildman–Crippen MR) is 108 cm³/mol. The Bertz CT molecular complexity index is 1160. The number of fused-ring (bicyclic) bond motifs is 1. The van der Waals surface area contributed by atoms with E-state index in [1.165, 1.54) is 31.0 Å². The second-order valence-corrected chi connectivity index (χ2v) is 7.10. The number of carbonyl (C=O) groups excluding carboxylic acids is 1. The number of amides is 1. The van der Waals surface area contributed by atoms with E-state index in [-0.39, 0.29) is 23.7 Å². The van der Waals surface area contributed by atoms with E-state index >= 15 is 0 Å². The highest BCUT2D eigenvalue weighted by Crippen LogP contribution is 2.26. The molecular formula is C20H20N4O5. The van der Waals surface area contributed by atoms with Gasteiger partial charge in [-0.15, -0.1) is 0 Å². The molecule has 9 nitrogen and oxygen atoms in total. The van der Waals surface area contributed by atoms with Crippen LogP contribution in [0.15, 0.2) is 45.6 Å². The van der Waals surface area contributed by atoms with Crippen LogP contribution >= 0.6 is 0 Å². The van der Waals surface area contributed by atoms with Crippen LogP contribution in [0.3, 0.4) is 0 Å². The summed E-state index contributed by atoms with van der Waals surface area (Å²) in [4.78, 5) is 37.2. The van der Waals surface area contributed by atoms with Crippen molar-refractivity contribution in [3.63, 3.8) is 0 Å². The molecule has 1 aromatic heterocycles. The monoisotopic (exact) mass is 396 g/mol.